The molecule has 0 aliphatic carbocycles. The normalized spacial score (nSPS) is 23.6. The van der Waals surface area contributed by atoms with E-state index >= 15 is 0 Å². The summed E-state index contributed by atoms with van der Waals surface area (Å²) < 4.78 is 4.97. The lowest BCUT2D eigenvalue weighted by Crippen LogP contribution is -2.47. The third kappa shape index (κ3) is 2.23. The molecular weight excluding hydrogens is 276 g/mol. The first-order valence-electron chi connectivity index (χ1n) is 5.33. The van der Waals surface area contributed by atoms with Crippen LogP contribution in [-0.4, -0.2) is 36.1 Å². The Balaban J connectivity index is 2.17. The molecule has 1 aromatic heterocycles. The Labute approximate surface area is 114 Å². The van der Waals surface area contributed by atoms with Gasteiger partial charge in [-0.05, 0) is 18.4 Å². The second-order valence-corrected chi connectivity index (χ2v) is 5.69. The number of hydrogen-bond donors (Lipinski definition) is 1. The topological polar surface area (TPSA) is 58.6 Å². The van der Waals surface area contributed by atoms with Crippen LogP contribution in [0.1, 0.15) is 11.8 Å². The van der Waals surface area contributed by atoms with Crippen molar-refractivity contribution in [2.45, 2.75) is 19.0 Å². The van der Waals surface area contributed by atoms with Crippen LogP contribution in [0.4, 0.5) is 4.79 Å². The van der Waals surface area contributed by atoms with Gasteiger partial charge in [0, 0.05) is 12.0 Å². The summed E-state index contributed by atoms with van der Waals surface area (Å²) in [6, 6.07) is 1.33. The lowest BCUT2D eigenvalue weighted by atomic mass is 10.0. The van der Waals surface area contributed by atoms with Crippen molar-refractivity contribution in [3.8, 4) is 0 Å². The maximum Gasteiger partial charge on any atom is 0.325 e. The fraction of sp³-hybridized carbons (Fsp3) is 0.455. The Hall–Kier alpha value is -1.11. The summed E-state index contributed by atoms with van der Waals surface area (Å²) >= 11 is 7.38. The number of imide groups is 1. The SMILES string of the molecule is COCC1(C)NC(=O)N(Cc2sccc2Cl)C1=O. The van der Waals surface area contributed by atoms with Gasteiger partial charge in [-0.25, -0.2) is 4.79 Å². The van der Waals surface area contributed by atoms with E-state index in [4.69, 9.17) is 16.3 Å². The highest BCUT2D eigenvalue weighted by molar-refractivity contribution is 7.10. The van der Waals surface area contributed by atoms with Crippen LogP contribution in [0.3, 0.4) is 0 Å². The molecule has 0 spiro atoms. The van der Waals surface area contributed by atoms with Gasteiger partial charge in [0.2, 0.25) is 0 Å². The lowest BCUT2D eigenvalue weighted by molar-refractivity contribution is -0.132. The first-order valence-corrected chi connectivity index (χ1v) is 6.58. The molecule has 0 aromatic carbocycles. The molecule has 7 heteroatoms. The summed E-state index contributed by atoms with van der Waals surface area (Å²) in [5, 5.41) is 5.03. The van der Waals surface area contributed by atoms with Crippen molar-refractivity contribution in [2.24, 2.45) is 0 Å². The quantitative estimate of drug-likeness (QED) is 0.860. The Morgan fingerprint density at radius 1 is 1.56 bits per heavy atom. The number of urea groups is 1. The number of methoxy groups -OCH3 is 1. The second kappa shape index (κ2) is 4.87. The molecule has 1 fully saturated rings. The van der Waals surface area contributed by atoms with E-state index in [0.717, 1.165) is 9.78 Å². The zero-order chi connectivity index (χ0) is 13.3. The molecule has 2 heterocycles. The Bertz CT molecular complexity index is 490. The largest absolute Gasteiger partial charge is 0.382 e. The van der Waals surface area contributed by atoms with E-state index in [-0.39, 0.29) is 19.1 Å². The Morgan fingerprint density at radius 2 is 2.28 bits per heavy atom. The fourth-order valence-electron chi connectivity index (χ4n) is 1.86. The summed E-state index contributed by atoms with van der Waals surface area (Å²) in [5.41, 5.74) is -0.991. The molecule has 2 rings (SSSR count). The van der Waals surface area contributed by atoms with Gasteiger partial charge >= 0.3 is 6.03 Å². The van der Waals surface area contributed by atoms with Crippen molar-refractivity contribution >= 4 is 34.9 Å². The zero-order valence-corrected chi connectivity index (χ0v) is 11.6. The monoisotopic (exact) mass is 288 g/mol. The van der Waals surface area contributed by atoms with Crippen molar-refractivity contribution in [3.05, 3.63) is 21.3 Å². The number of rotatable bonds is 4. The van der Waals surface area contributed by atoms with Crippen LogP contribution < -0.4 is 5.32 Å². The molecule has 98 valence electrons. The van der Waals surface area contributed by atoms with Gasteiger partial charge in [0.25, 0.3) is 5.91 Å². The highest BCUT2D eigenvalue weighted by atomic mass is 35.5. The van der Waals surface area contributed by atoms with Crippen LogP contribution in [-0.2, 0) is 16.1 Å². The average Bonchev–Trinajstić information content (AvgIpc) is 2.78. The van der Waals surface area contributed by atoms with E-state index < -0.39 is 11.6 Å². The van der Waals surface area contributed by atoms with Crippen LogP contribution in [0, 0.1) is 0 Å². The summed E-state index contributed by atoms with van der Waals surface area (Å²) in [4.78, 5) is 26.0. The van der Waals surface area contributed by atoms with Crippen molar-refractivity contribution in [3.63, 3.8) is 0 Å². The number of thiophene rings is 1. The van der Waals surface area contributed by atoms with Crippen LogP contribution in [0.15, 0.2) is 11.4 Å². The van der Waals surface area contributed by atoms with Gasteiger partial charge in [-0.2, -0.15) is 0 Å². The molecule has 1 saturated heterocycles. The number of nitrogens with zero attached hydrogens (tertiary/aromatic N) is 1. The molecule has 1 aliphatic rings. The van der Waals surface area contributed by atoms with E-state index in [0.29, 0.717) is 5.02 Å². The van der Waals surface area contributed by atoms with Gasteiger partial charge in [-0.1, -0.05) is 11.6 Å². The minimum atomic E-state index is -0.991. The predicted octanol–water partition coefficient (Wildman–Crippen LogP) is 1.86. The summed E-state index contributed by atoms with van der Waals surface area (Å²) in [7, 11) is 1.49. The number of carbonyl (C=O) groups is 2. The molecule has 18 heavy (non-hydrogen) atoms. The Kier molecular flexibility index (Phi) is 3.61. The second-order valence-electron chi connectivity index (χ2n) is 4.28. The minimum Gasteiger partial charge on any atom is -0.382 e. The van der Waals surface area contributed by atoms with Crippen molar-refractivity contribution in [1.29, 1.82) is 0 Å². The predicted molar refractivity (Wildman–Crippen MR) is 68.7 cm³/mol. The molecule has 0 radical (unpaired) electrons. The maximum absolute atomic E-state index is 12.2. The smallest absolute Gasteiger partial charge is 0.325 e. The van der Waals surface area contributed by atoms with Gasteiger partial charge in [-0.15, -0.1) is 11.3 Å². The van der Waals surface area contributed by atoms with Crippen LogP contribution in [0.5, 0.6) is 0 Å². The van der Waals surface area contributed by atoms with E-state index in [9.17, 15) is 9.59 Å². The van der Waals surface area contributed by atoms with Gasteiger partial charge in [0.05, 0.1) is 18.2 Å². The summed E-state index contributed by atoms with van der Waals surface area (Å²) in [6.07, 6.45) is 0. The summed E-state index contributed by atoms with van der Waals surface area (Å²) in [5.74, 6) is -0.293. The van der Waals surface area contributed by atoms with Crippen LogP contribution in [0.25, 0.3) is 0 Å². The van der Waals surface area contributed by atoms with Gasteiger partial charge < -0.3 is 10.1 Å². The highest BCUT2D eigenvalue weighted by Crippen LogP contribution is 2.27. The van der Waals surface area contributed by atoms with E-state index in [1.165, 1.54) is 18.4 Å². The van der Waals surface area contributed by atoms with Gasteiger partial charge in [-0.3, -0.25) is 9.69 Å². The van der Waals surface area contributed by atoms with E-state index in [1.807, 2.05) is 5.38 Å². The molecule has 0 saturated carbocycles. The van der Waals surface area contributed by atoms with Gasteiger partial charge in [0.15, 0.2) is 0 Å². The number of carbonyl (C=O) groups excluding carboxylic acids is 2. The molecule has 1 aliphatic heterocycles. The first-order chi connectivity index (χ1) is 8.48. The molecular formula is C11H13ClN2O3S. The molecule has 5 nitrogen and oxygen atoms in total. The van der Waals surface area contributed by atoms with Crippen LogP contribution >= 0.6 is 22.9 Å². The third-order valence-electron chi connectivity index (χ3n) is 2.77. The van der Waals surface area contributed by atoms with E-state index in [2.05, 4.69) is 5.32 Å². The molecule has 1 aromatic rings. The molecule has 1 N–H and O–H groups in total. The van der Waals surface area contributed by atoms with Crippen molar-refractivity contribution in [1.82, 2.24) is 10.2 Å². The first kappa shape index (κ1) is 13.3. The lowest BCUT2D eigenvalue weighted by Gasteiger charge is -2.20. The van der Waals surface area contributed by atoms with Crippen molar-refractivity contribution in [2.75, 3.05) is 13.7 Å². The van der Waals surface area contributed by atoms with Gasteiger partial charge in [0.1, 0.15) is 5.54 Å². The third-order valence-corrected chi connectivity index (χ3v) is 4.14. The average molecular weight is 289 g/mol. The van der Waals surface area contributed by atoms with Crippen molar-refractivity contribution < 1.29 is 14.3 Å². The molecule has 1 unspecified atom stereocenters. The van der Waals surface area contributed by atoms with Crippen LogP contribution in [0.2, 0.25) is 5.02 Å². The Morgan fingerprint density at radius 3 is 2.83 bits per heavy atom. The number of nitrogens with one attached hydrogen (secondary N) is 1. The van der Waals surface area contributed by atoms with E-state index in [1.54, 1.807) is 13.0 Å². The standard InChI is InChI=1S/C11H13ClN2O3S/c1-11(6-17-2)9(15)14(10(16)13-11)5-8-7(12)3-4-18-8/h3-4H,5-6H2,1-2H3,(H,13,16). The molecule has 1 atom stereocenters. The number of amides is 3. The highest BCUT2D eigenvalue weighted by Gasteiger charge is 2.47. The number of ether oxygens (including phenoxy) is 1. The number of hydrogen-bond acceptors (Lipinski definition) is 4. The minimum absolute atomic E-state index is 0.145. The molecule has 3 amide bonds. The maximum atomic E-state index is 12.2. The zero-order valence-electron chi connectivity index (χ0n) is 10.0. The number of halogens is 1. The summed E-state index contributed by atoms with van der Waals surface area (Å²) in [6.45, 7) is 1.99. The molecule has 0 bridgehead atoms. The fourth-order valence-corrected chi connectivity index (χ4v) is 2.94.